The van der Waals surface area contributed by atoms with E-state index in [1.54, 1.807) is 25.0 Å². The second kappa shape index (κ2) is 8.64. The summed E-state index contributed by atoms with van der Waals surface area (Å²) in [6.45, 7) is 4.63. The molecule has 1 fully saturated rings. The van der Waals surface area contributed by atoms with Crippen LogP contribution in [0, 0.1) is 13.8 Å². The van der Waals surface area contributed by atoms with E-state index >= 15 is 0 Å². The number of aryl methyl sites for hydroxylation is 3. The molecule has 0 saturated carbocycles. The number of imidazole rings is 1. The topological polar surface area (TPSA) is 91.9 Å². The third-order valence-corrected chi connectivity index (χ3v) is 6.06. The van der Waals surface area contributed by atoms with Crippen molar-refractivity contribution >= 4 is 34.1 Å². The van der Waals surface area contributed by atoms with E-state index in [0.29, 0.717) is 16.5 Å². The van der Waals surface area contributed by atoms with Crippen molar-refractivity contribution in [3.63, 3.8) is 0 Å². The first-order chi connectivity index (χ1) is 16.0. The minimum absolute atomic E-state index is 0.0833. The maximum Gasteiger partial charge on any atom is 0.166 e. The van der Waals surface area contributed by atoms with Crippen LogP contribution in [0.5, 0.6) is 5.75 Å². The predicted molar refractivity (Wildman–Crippen MR) is 127 cm³/mol. The van der Waals surface area contributed by atoms with E-state index < -0.39 is 0 Å². The number of halogens is 1. The Bertz CT molecular complexity index is 1320. The lowest BCUT2D eigenvalue weighted by Gasteiger charge is -2.25. The molecule has 1 aliphatic heterocycles. The standard InChI is InChI=1S/C23H26ClN7O2/c1-13-20(29-30(3)28-13)15-8-7-9-16(22(15)32-4)26-17-12-18(24)27-23-21(17)25-14(2)31(23)19-10-5-6-11-33-19/h7-9,12,19H,5-6,10-11H2,1-4H3,(H,26,27). The maximum atomic E-state index is 6.45. The molecule has 1 aliphatic rings. The summed E-state index contributed by atoms with van der Waals surface area (Å²) >= 11 is 6.45. The predicted octanol–water partition coefficient (Wildman–Crippen LogP) is 4.95. The monoisotopic (exact) mass is 467 g/mol. The van der Waals surface area contributed by atoms with Crippen molar-refractivity contribution in [3.8, 4) is 17.0 Å². The van der Waals surface area contributed by atoms with E-state index in [-0.39, 0.29) is 6.23 Å². The van der Waals surface area contributed by atoms with Crippen molar-refractivity contribution in [2.45, 2.75) is 39.3 Å². The third kappa shape index (κ3) is 3.91. The Hall–Kier alpha value is -3.17. The Balaban J connectivity index is 1.60. The SMILES string of the molecule is COc1c(Nc2cc(Cl)nc3c2nc(C)n3C2CCCCO2)cccc1-c1nn(C)nc1C. The van der Waals surface area contributed by atoms with Gasteiger partial charge in [0.05, 0.1) is 24.2 Å². The number of hydrogen-bond acceptors (Lipinski definition) is 7. The Morgan fingerprint density at radius 1 is 1.15 bits per heavy atom. The summed E-state index contributed by atoms with van der Waals surface area (Å²) in [5.74, 6) is 1.50. The zero-order valence-electron chi connectivity index (χ0n) is 19.1. The number of para-hydroxylation sites is 1. The lowest BCUT2D eigenvalue weighted by Crippen LogP contribution is -2.19. The molecular formula is C23H26ClN7O2. The lowest BCUT2D eigenvalue weighted by molar-refractivity contribution is -0.0309. The quantitative estimate of drug-likeness (QED) is 0.415. The van der Waals surface area contributed by atoms with Gasteiger partial charge in [0.25, 0.3) is 0 Å². The first kappa shape index (κ1) is 21.7. The summed E-state index contributed by atoms with van der Waals surface area (Å²) < 4.78 is 13.9. The maximum absolute atomic E-state index is 6.45. The number of ether oxygens (including phenoxy) is 2. The average Bonchev–Trinajstić information content (AvgIpc) is 3.31. The molecule has 1 unspecified atom stereocenters. The number of benzene rings is 1. The van der Waals surface area contributed by atoms with Gasteiger partial charge in [-0.25, -0.2) is 9.97 Å². The molecule has 3 aromatic heterocycles. The van der Waals surface area contributed by atoms with E-state index in [9.17, 15) is 0 Å². The average molecular weight is 468 g/mol. The number of pyridine rings is 1. The number of methoxy groups -OCH3 is 1. The summed E-state index contributed by atoms with van der Waals surface area (Å²) in [4.78, 5) is 11.0. The number of aromatic nitrogens is 6. The van der Waals surface area contributed by atoms with Crippen LogP contribution in [0.2, 0.25) is 5.15 Å². The summed E-state index contributed by atoms with van der Waals surface area (Å²) in [5.41, 5.74) is 5.39. The Labute approximate surface area is 196 Å². The number of anilines is 2. The van der Waals surface area contributed by atoms with E-state index in [2.05, 4.69) is 20.5 Å². The van der Waals surface area contributed by atoms with E-state index in [4.69, 9.17) is 26.1 Å². The van der Waals surface area contributed by atoms with E-state index in [0.717, 1.165) is 65.5 Å². The summed E-state index contributed by atoms with van der Waals surface area (Å²) in [7, 11) is 3.44. The first-order valence-corrected chi connectivity index (χ1v) is 11.3. The minimum Gasteiger partial charge on any atom is -0.494 e. The highest BCUT2D eigenvalue weighted by Crippen LogP contribution is 2.40. The van der Waals surface area contributed by atoms with Gasteiger partial charge in [0.15, 0.2) is 11.4 Å². The van der Waals surface area contributed by atoms with Crippen LogP contribution in [-0.4, -0.2) is 43.2 Å². The molecule has 1 N–H and O–H groups in total. The molecule has 0 aliphatic carbocycles. The molecule has 0 amide bonds. The molecule has 1 saturated heterocycles. The molecule has 172 valence electrons. The lowest BCUT2D eigenvalue weighted by atomic mass is 10.1. The number of fused-ring (bicyclic) bond motifs is 1. The fraction of sp³-hybridized carbons (Fsp3) is 0.391. The van der Waals surface area contributed by atoms with Gasteiger partial charge >= 0.3 is 0 Å². The fourth-order valence-corrected chi connectivity index (χ4v) is 4.64. The second-order valence-electron chi connectivity index (χ2n) is 8.15. The van der Waals surface area contributed by atoms with Gasteiger partial charge in [-0.15, -0.1) is 0 Å². The number of nitrogens with one attached hydrogen (secondary N) is 1. The molecule has 1 aromatic carbocycles. The van der Waals surface area contributed by atoms with Gasteiger partial charge in [-0.2, -0.15) is 15.0 Å². The molecule has 0 spiro atoms. The van der Waals surface area contributed by atoms with Crippen LogP contribution in [-0.2, 0) is 11.8 Å². The molecule has 4 heterocycles. The molecular weight excluding hydrogens is 442 g/mol. The largest absolute Gasteiger partial charge is 0.494 e. The van der Waals surface area contributed by atoms with Gasteiger partial charge in [-0.05, 0) is 45.2 Å². The van der Waals surface area contributed by atoms with Crippen LogP contribution in [0.25, 0.3) is 22.4 Å². The molecule has 5 rings (SSSR count). The number of hydrogen-bond donors (Lipinski definition) is 1. The highest BCUT2D eigenvalue weighted by molar-refractivity contribution is 6.30. The second-order valence-corrected chi connectivity index (χ2v) is 8.54. The van der Waals surface area contributed by atoms with Crippen LogP contribution >= 0.6 is 11.6 Å². The molecule has 10 heteroatoms. The van der Waals surface area contributed by atoms with Crippen molar-refractivity contribution in [1.29, 1.82) is 0 Å². The molecule has 0 bridgehead atoms. The third-order valence-electron chi connectivity index (χ3n) is 5.86. The summed E-state index contributed by atoms with van der Waals surface area (Å²) in [6, 6.07) is 7.65. The van der Waals surface area contributed by atoms with Crippen LogP contribution in [0.3, 0.4) is 0 Å². The van der Waals surface area contributed by atoms with Crippen LogP contribution < -0.4 is 10.1 Å². The molecule has 4 aromatic rings. The Kier molecular flexibility index (Phi) is 5.67. The molecule has 9 nitrogen and oxygen atoms in total. The summed E-state index contributed by atoms with van der Waals surface area (Å²) in [6.07, 6.45) is 3.03. The van der Waals surface area contributed by atoms with Gasteiger partial charge < -0.3 is 14.8 Å². The fourth-order valence-electron chi connectivity index (χ4n) is 4.45. The van der Waals surface area contributed by atoms with Crippen molar-refractivity contribution in [3.05, 3.63) is 40.9 Å². The van der Waals surface area contributed by atoms with Crippen molar-refractivity contribution in [1.82, 2.24) is 29.5 Å². The zero-order chi connectivity index (χ0) is 23.1. The van der Waals surface area contributed by atoms with Crippen molar-refractivity contribution < 1.29 is 9.47 Å². The van der Waals surface area contributed by atoms with E-state index in [1.807, 2.05) is 36.6 Å². The van der Waals surface area contributed by atoms with Gasteiger partial charge in [0.1, 0.15) is 28.4 Å². The van der Waals surface area contributed by atoms with Gasteiger partial charge in [0, 0.05) is 25.3 Å². The van der Waals surface area contributed by atoms with Crippen LogP contribution in [0.15, 0.2) is 24.3 Å². The Morgan fingerprint density at radius 3 is 2.70 bits per heavy atom. The van der Waals surface area contributed by atoms with Crippen LogP contribution in [0.1, 0.15) is 37.0 Å². The van der Waals surface area contributed by atoms with Crippen molar-refractivity contribution in [2.75, 3.05) is 19.0 Å². The summed E-state index contributed by atoms with van der Waals surface area (Å²) in [5, 5.41) is 12.7. The molecule has 0 radical (unpaired) electrons. The van der Waals surface area contributed by atoms with Crippen molar-refractivity contribution in [2.24, 2.45) is 7.05 Å². The number of nitrogens with zero attached hydrogens (tertiary/aromatic N) is 6. The normalized spacial score (nSPS) is 16.3. The smallest absolute Gasteiger partial charge is 0.166 e. The number of rotatable bonds is 5. The van der Waals surface area contributed by atoms with Gasteiger partial charge in [-0.1, -0.05) is 17.7 Å². The minimum atomic E-state index is -0.0833. The molecule has 1 atom stereocenters. The van der Waals surface area contributed by atoms with Crippen LogP contribution in [0.4, 0.5) is 11.4 Å². The zero-order valence-corrected chi connectivity index (χ0v) is 19.8. The van der Waals surface area contributed by atoms with Gasteiger partial charge in [0.2, 0.25) is 0 Å². The highest BCUT2D eigenvalue weighted by Gasteiger charge is 2.24. The first-order valence-electron chi connectivity index (χ1n) is 10.9. The highest BCUT2D eigenvalue weighted by atomic mass is 35.5. The van der Waals surface area contributed by atoms with E-state index in [1.165, 1.54) is 0 Å². The Morgan fingerprint density at radius 2 is 2.00 bits per heavy atom. The molecule has 33 heavy (non-hydrogen) atoms. The van der Waals surface area contributed by atoms with Gasteiger partial charge in [-0.3, -0.25) is 4.57 Å².